The Bertz CT molecular complexity index is 750. The minimum absolute atomic E-state index is 0.178. The van der Waals surface area contributed by atoms with Gasteiger partial charge in [0.15, 0.2) is 0 Å². The summed E-state index contributed by atoms with van der Waals surface area (Å²) in [6.45, 7) is 0.499. The van der Waals surface area contributed by atoms with Gasteiger partial charge >= 0.3 is 0 Å². The van der Waals surface area contributed by atoms with Crippen LogP contribution in [0.15, 0.2) is 51.8 Å². The lowest BCUT2D eigenvalue weighted by molar-refractivity contribution is 0.601. The van der Waals surface area contributed by atoms with Crippen LogP contribution >= 0.6 is 27.5 Å². The molecule has 0 aromatic heterocycles. The first-order valence-electron chi connectivity index (χ1n) is 6.14. The monoisotopic (exact) mass is 388 g/mol. The van der Waals surface area contributed by atoms with E-state index >= 15 is 0 Å². The summed E-state index contributed by atoms with van der Waals surface area (Å²) in [7, 11) is -1.87. The van der Waals surface area contributed by atoms with E-state index in [4.69, 9.17) is 11.6 Å². The van der Waals surface area contributed by atoms with Crippen LogP contribution in [0.1, 0.15) is 5.56 Å². The van der Waals surface area contributed by atoms with Crippen molar-refractivity contribution in [3.8, 4) is 0 Å². The maximum Gasteiger partial charge on any atom is 0.261 e. The van der Waals surface area contributed by atoms with E-state index in [0.29, 0.717) is 17.3 Å². The topological polar surface area (TPSA) is 58.2 Å². The first-order valence-corrected chi connectivity index (χ1v) is 8.79. The Balaban J connectivity index is 2.33. The third-order valence-corrected chi connectivity index (χ3v) is 5.01. The van der Waals surface area contributed by atoms with Crippen LogP contribution in [-0.4, -0.2) is 15.5 Å². The van der Waals surface area contributed by atoms with Crippen LogP contribution in [0.5, 0.6) is 0 Å². The van der Waals surface area contributed by atoms with Crippen molar-refractivity contribution in [3.63, 3.8) is 0 Å². The molecule has 0 amide bonds. The number of halogens is 2. The highest BCUT2D eigenvalue weighted by Crippen LogP contribution is 2.23. The first kappa shape index (κ1) is 16.3. The molecule has 0 saturated carbocycles. The Hall–Kier alpha value is -1.08. The molecule has 2 rings (SSSR count). The summed E-state index contributed by atoms with van der Waals surface area (Å²) in [6, 6.07) is 11.6. The Morgan fingerprint density at radius 2 is 1.95 bits per heavy atom. The van der Waals surface area contributed by atoms with Crippen LogP contribution in [0.4, 0.5) is 5.69 Å². The van der Waals surface area contributed by atoms with E-state index < -0.39 is 10.0 Å². The zero-order valence-corrected chi connectivity index (χ0v) is 14.4. The molecule has 2 aromatic rings. The second-order valence-corrected chi connectivity index (χ2v) is 7.40. The molecule has 2 aromatic carbocycles. The molecule has 21 heavy (non-hydrogen) atoms. The third-order valence-electron chi connectivity index (χ3n) is 2.77. The number of nitrogens with one attached hydrogen (secondary N) is 2. The van der Waals surface area contributed by atoms with Gasteiger partial charge in [-0.3, -0.25) is 4.72 Å². The van der Waals surface area contributed by atoms with E-state index in [9.17, 15) is 8.42 Å². The SMILES string of the molecule is CNCc1cc(S(=O)(=O)Nc2cccc(Br)c2)ccc1Cl. The van der Waals surface area contributed by atoms with Gasteiger partial charge in [0, 0.05) is 21.7 Å². The number of benzene rings is 2. The summed E-state index contributed by atoms with van der Waals surface area (Å²) < 4.78 is 28.1. The molecule has 0 saturated heterocycles. The molecule has 0 unspecified atom stereocenters. The number of rotatable bonds is 5. The van der Waals surface area contributed by atoms with E-state index in [2.05, 4.69) is 26.0 Å². The van der Waals surface area contributed by atoms with E-state index in [1.54, 1.807) is 37.4 Å². The summed E-state index contributed by atoms with van der Waals surface area (Å²) in [4.78, 5) is 0.178. The predicted molar refractivity (Wildman–Crippen MR) is 89.2 cm³/mol. The van der Waals surface area contributed by atoms with Crippen LogP contribution in [0.2, 0.25) is 5.02 Å². The van der Waals surface area contributed by atoms with Gasteiger partial charge in [0.05, 0.1) is 4.90 Å². The molecular formula is C14H14BrClN2O2S. The van der Waals surface area contributed by atoms with E-state index in [1.165, 1.54) is 6.07 Å². The molecule has 0 aliphatic carbocycles. The van der Waals surface area contributed by atoms with E-state index in [0.717, 1.165) is 10.0 Å². The van der Waals surface area contributed by atoms with Crippen molar-refractivity contribution < 1.29 is 8.42 Å². The molecule has 0 heterocycles. The van der Waals surface area contributed by atoms with E-state index in [1.807, 2.05) is 6.07 Å². The van der Waals surface area contributed by atoms with Crippen molar-refractivity contribution in [2.75, 3.05) is 11.8 Å². The Labute approximate surface area is 137 Å². The molecule has 0 atom stereocenters. The molecule has 0 radical (unpaired) electrons. The summed E-state index contributed by atoms with van der Waals surface area (Å²) in [5.74, 6) is 0. The summed E-state index contributed by atoms with van der Waals surface area (Å²) in [5.41, 5.74) is 1.23. The van der Waals surface area contributed by atoms with Gasteiger partial charge in [0.25, 0.3) is 10.0 Å². The molecule has 0 fully saturated rings. The predicted octanol–water partition coefficient (Wildman–Crippen LogP) is 3.62. The molecule has 0 aliphatic heterocycles. The minimum atomic E-state index is -3.64. The van der Waals surface area contributed by atoms with Crippen LogP contribution in [0.3, 0.4) is 0 Å². The molecule has 0 bridgehead atoms. The van der Waals surface area contributed by atoms with Crippen LogP contribution in [0.25, 0.3) is 0 Å². The fraction of sp³-hybridized carbons (Fsp3) is 0.143. The van der Waals surface area contributed by atoms with Gasteiger partial charge in [0.1, 0.15) is 0 Å². The van der Waals surface area contributed by atoms with Crippen molar-refractivity contribution in [2.45, 2.75) is 11.4 Å². The lowest BCUT2D eigenvalue weighted by atomic mass is 10.2. The van der Waals surface area contributed by atoms with Crippen molar-refractivity contribution in [2.24, 2.45) is 0 Å². The second kappa shape index (κ2) is 6.79. The number of anilines is 1. The largest absolute Gasteiger partial charge is 0.316 e. The maximum absolute atomic E-state index is 12.4. The highest BCUT2D eigenvalue weighted by atomic mass is 79.9. The Morgan fingerprint density at radius 1 is 1.19 bits per heavy atom. The van der Waals surface area contributed by atoms with Crippen molar-refractivity contribution >= 4 is 43.2 Å². The molecular weight excluding hydrogens is 376 g/mol. The van der Waals surface area contributed by atoms with Gasteiger partial charge in [-0.25, -0.2) is 8.42 Å². The second-order valence-electron chi connectivity index (χ2n) is 4.40. The van der Waals surface area contributed by atoms with Crippen molar-refractivity contribution in [3.05, 3.63) is 57.5 Å². The van der Waals surface area contributed by atoms with Gasteiger partial charge < -0.3 is 5.32 Å². The van der Waals surface area contributed by atoms with Crippen LogP contribution in [0, 0.1) is 0 Å². The highest BCUT2D eigenvalue weighted by molar-refractivity contribution is 9.10. The normalized spacial score (nSPS) is 11.4. The molecule has 0 aliphatic rings. The fourth-order valence-electron chi connectivity index (χ4n) is 1.81. The standard InChI is InChI=1S/C14H14BrClN2O2S/c1-17-9-10-7-13(5-6-14(10)16)21(19,20)18-12-4-2-3-11(15)8-12/h2-8,17-18H,9H2,1H3. The molecule has 2 N–H and O–H groups in total. The Morgan fingerprint density at radius 3 is 2.62 bits per heavy atom. The van der Waals surface area contributed by atoms with Crippen molar-refractivity contribution in [1.29, 1.82) is 0 Å². The van der Waals surface area contributed by atoms with E-state index in [-0.39, 0.29) is 4.90 Å². The smallest absolute Gasteiger partial charge is 0.261 e. The van der Waals surface area contributed by atoms with Crippen LogP contribution in [-0.2, 0) is 16.6 Å². The average Bonchev–Trinajstić information content (AvgIpc) is 2.41. The maximum atomic E-state index is 12.4. The molecule has 4 nitrogen and oxygen atoms in total. The third kappa shape index (κ3) is 4.20. The number of hydrogen-bond donors (Lipinski definition) is 2. The van der Waals surface area contributed by atoms with Crippen LogP contribution < -0.4 is 10.0 Å². The van der Waals surface area contributed by atoms with Crippen molar-refractivity contribution in [1.82, 2.24) is 5.32 Å². The quantitative estimate of drug-likeness (QED) is 0.821. The fourth-order valence-corrected chi connectivity index (χ4v) is 3.49. The van der Waals surface area contributed by atoms with Gasteiger partial charge in [0.2, 0.25) is 0 Å². The lowest BCUT2D eigenvalue weighted by Crippen LogP contribution is -2.14. The van der Waals surface area contributed by atoms with Gasteiger partial charge in [-0.2, -0.15) is 0 Å². The number of hydrogen-bond acceptors (Lipinski definition) is 3. The molecule has 0 spiro atoms. The summed E-state index contributed by atoms with van der Waals surface area (Å²) in [6.07, 6.45) is 0. The van der Waals surface area contributed by atoms with Gasteiger partial charge in [-0.1, -0.05) is 33.6 Å². The zero-order chi connectivity index (χ0) is 15.5. The zero-order valence-electron chi connectivity index (χ0n) is 11.2. The number of sulfonamides is 1. The molecule has 112 valence electrons. The van der Waals surface area contributed by atoms with Gasteiger partial charge in [-0.05, 0) is 49.0 Å². The molecule has 7 heteroatoms. The summed E-state index contributed by atoms with van der Waals surface area (Å²) in [5, 5.41) is 3.49. The Kier molecular flexibility index (Phi) is 5.27. The lowest BCUT2D eigenvalue weighted by Gasteiger charge is -2.11. The highest BCUT2D eigenvalue weighted by Gasteiger charge is 2.16. The summed E-state index contributed by atoms with van der Waals surface area (Å²) >= 11 is 9.35. The van der Waals surface area contributed by atoms with Gasteiger partial charge in [-0.15, -0.1) is 0 Å². The average molecular weight is 390 g/mol. The first-order chi connectivity index (χ1) is 9.92. The minimum Gasteiger partial charge on any atom is -0.316 e.